The number of nitrogens with two attached hydrogens (primary N) is 1. The Morgan fingerprint density at radius 2 is 1.75 bits per heavy atom. The fourth-order valence-electron chi connectivity index (χ4n) is 1.34. The normalized spacial score (nSPS) is 16.7. The lowest BCUT2D eigenvalue weighted by molar-refractivity contribution is 0.340. The highest BCUT2D eigenvalue weighted by atomic mass is 16.5. The number of nitrogens with zero attached hydrogens (tertiary/aromatic N) is 3. The highest BCUT2D eigenvalue weighted by Gasteiger charge is 2.42. The van der Waals surface area contributed by atoms with Crippen molar-refractivity contribution >= 4 is 5.95 Å². The second kappa shape index (κ2) is 4.09. The van der Waals surface area contributed by atoms with Crippen molar-refractivity contribution in [1.29, 1.82) is 0 Å². The van der Waals surface area contributed by atoms with Gasteiger partial charge in [-0.1, -0.05) is 0 Å². The van der Waals surface area contributed by atoms with Gasteiger partial charge in [0, 0.05) is 6.54 Å². The largest absolute Gasteiger partial charge is 0.467 e. The fourth-order valence-corrected chi connectivity index (χ4v) is 1.34. The molecule has 0 aromatic carbocycles. The second-order valence-corrected chi connectivity index (χ2v) is 3.74. The quantitative estimate of drug-likeness (QED) is 0.716. The minimum absolute atomic E-state index is 0.0582. The van der Waals surface area contributed by atoms with E-state index < -0.39 is 0 Å². The Hall–Kier alpha value is -1.63. The van der Waals surface area contributed by atoms with Gasteiger partial charge in [0.2, 0.25) is 5.95 Å². The van der Waals surface area contributed by atoms with E-state index in [1.54, 1.807) is 0 Å². The molecule has 1 aromatic heterocycles. The van der Waals surface area contributed by atoms with Gasteiger partial charge in [0.1, 0.15) is 0 Å². The van der Waals surface area contributed by atoms with E-state index in [0.717, 1.165) is 12.8 Å². The molecule has 0 saturated heterocycles. The van der Waals surface area contributed by atoms with E-state index in [1.165, 1.54) is 14.2 Å². The van der Waals surface area contributed by atoms with E-state index in [9.17, 15) is 0 Å². The van der Waals surface area contributed by atoms with Crippen LogP contribution < -0.4 is 20.5 Å². The summed E-state index contributed by atoms with van der Waals surface area (Å²) in [5.74, 6) is 0.437. The van der Waals surface area contributed by atoms with Crippen LogP contribution in [0.25, 0.3) is 0 Å². The van der Waals surface area contributed by atoms with Crippen molar-refractivity contribution < 1.29 is 9.47 Å². The summed E-state index contributed by atoms with van der Waals surface area (Å²) < 4.78 is 9.90. The summed E-state index contributed by atoms with van der Waals surface area (Å²) in [5, 5.41) is 3.18. The fraction of sp³-hybridized carbons (Fsp3) is 0.667. The van der Waals surface area contributed by atoms with E-state index in [-0.39, 0.29) is 17.6 Å². The Kier molecular flexibility index (Phi) is 2.78. The summed E-state index contributed by atoms with van der Waals surface area (Å²) in [6.45, 7) is 0.559. The topological polar surface area (TPSA) is 95.2 Å². The minimum atomic E-state index is -0.0582. The summed E-state index contributed by atoms with van der Waals surface area (Å²) in [7, 11) is 2.99. The van der Waals surface area contributed by atoms with Crippen LogP contribution >= 0.6 is 0 Å². The molecule has 0 atom stereocenters. The summed E-state index contributed by atoms with van der Waals surface area (Å²) in [4.78, 5) is 12.1. The van der Waals surface area contributed by atoms with Crippen molar-refractivity contribution in [3.05, 3.63) is 0 Å². The van der Waals surface area contributed by atoms with Gasteiger partial charge in [-0.3, -0.25) is 0 Å². The van der Waals surface area contributed by atoms with Gasteiger partial charge in [0.25, 0.3) is 0 Å². The van der Waals surface area contributed by atoms with Crippen molar-refractivity contribution in [2.75, 3.05) is 26.1 Å². The van der Waals surface area contributed by atoms with Crippen molar-refractivity contribution in [2.45, 2.75) is 18.4 Å². The molecule has 1 aromatic rings. The lowest BCUT2D eigenvalue weighted by Crippen LogP contribution is -2.31. The molecule has 0 aliphatic heterocycles. The molecule has 1 heterocycles. The minimum Gasteiger partial charge on any atom is -0.467 e. The second-order valence-electron chi connectivity index (χ2n) is 3.74. The van der Waals surface area contributed by atoms with Crippen LogP contribution in [-0.2, 0) is 0 Å². The molecule has 2 rings (SSSR count). The number of ether oxygens (including phenoxy) is 2. The van der Waals surface area contributed by atoms with Gasteiger partial charge >= 0.3 is 12.0 Å². The van der Waals surface area contributed by atoms with Crippen molar-refractivity contribution in [3.8, 4) is 12.0 Å². The van der Waals surface area contributed by atoms with Gasteiger partial charge in [0.15, 0.2) is 0 Å². The van der Waals surface area contributed by atoms with Crippen LogP contribution in [0.1, 0.15) is 12.8 Å². The predicted molar refractivity (Wildman–Crippen MR) is 57.6 cm³/mol. The maximum absolute atomic E-state index is 5.66. The Balaban J connectivity index is 2.19. The van der Waals surface area contributed by atoms with Crippen molar-refractivity contribution in [3.63, 3.8) is 0 Å². The van der Waals surface area contributed by atoms with E-state index in [0.29, 0.717) is 12.5 Å². The van der Waals surface area contributed by atoms with Gasteiger partial charge in [-0.15, -0.1) is 4.98 Å². The van der Waals surface area contributed by atoms with Crippen LogP contribution in [-0.4, -0.2) is 41.3 Å². The number of hydrogen-bond acceptors (Lipinski definition) is 7. The van der Waals surface area contributed by atoms with Gasteiger partial charge in [-0.25, -0.2) is 0 Å². The molecule has 0 unspecified atom stereocenters. The van der Waals surface area contributed by atoms with Gasteiger partial charge in [-0.2, -0.15) is 9.97 Å². The first kappa shape index (κ1) is 10.9. The van der Waals surface area contributed by atoms with Gasteiger partial charge in [-0.05, 0) is 12.8 Å². The van der Waals surface area contributed by atoms with Gasteiger partial charge in [0.05, 0.1) is 19.8 Å². The van der Waals surface area contributed by atoms with Crippen molar-refractivity contribution in [2.24, 2.45) is 5.73 Å². The smallest absolute Gasteiger partial charge is 0.324 e. The van der Waals surface area contributed by atoms with E-state index >= 15 is 0 Å². The molecule has 0 bridgehead atoms. The standard InChI is InChI=1S/C9H15N5O2/c1-15-7-11-6(12-8(13-7)16-2)14-9(5-10)3-4-9/h3-5,10H2,1-2H3,(H,11,12,13,14). The maximum atomic E-state index is 5.66. The molecule has 0 radical (unpaired) electrons. The zero-order chi connectivity index (χ0) is 11.6. The first-order valence-electron chi connectivity index (χ1n) is 5.04. The van der Waals surface area contributed by atoms with Crippen LogP contribution in [0.5, 0.6) is 12.0 Å². The van der Waals surface area contributed by atoms with Crippen molar-refractivity contribution in [1.82, 2.24) is 15.0 Å². The van der Waals surface area contributed by atoms with Crippen LogP contribution in [0, 0.1) is 0 Å². The Morgan fingerprint density at radius 3 is 2.12 bits per heavy atom. The Labute approximate surface area is 93.4 Å². The maximum Gasteiger partial charge on any atom is 0.324 e. The third-order valence-corrected chi connectivity index (χ3v) is 2.58. The SMILES string of the molecule is COc1nc(NC2(CN)CC2)nc(OC)n1. The molecule has 88 valence electrons. The Bertz CT molecular complexity index is 358. The summed E-state index contributed by atoms with van der Waals surface area (Å²) in [6, 6.07) is 0.448. The first-order valence-corrected chi connectivity index (χ1v) is 5.04. The van der Waals surface area contributed by atoms with Crippen LogP contribution in [0.3, 0.4) is 0 Å². The summed E-state index contributed by atoms with van der Waals surface area (Å²) in [6.07, 6.45) is 2.06. The number of anilines is 1. The highest BCUT2D eigenvalue weighted by Crippen LogP contribution is 2.37. The molecule has 16 heavy (non-hydrogen) atoms. The highest BCUT2D eigenvalue weighted by molar-refractivity contribution is 5.35. The third-order valence-electron chi connectivity index (χ3n) is 2.58. The van der Waals surface area contributed by atoms with E-state index in [2.05, 4.69) is 20.3 Å². The molecule has 7 heteroatoms. The number of nitrogens with one attached hydrogen (secondary N) is 1. The van der Waals surface area contributed by atoms with E-state index in [1.807, 2.05) is 0 Å². The molecule has 3 N–H and O–H groups in total. The molecule has 0 spiro atoms. The Morgan fingerprint density at radius 1 is 1.19 bits per heavy atom. The first-order chi connectivity index (χ1) is 7.71. The number of hydrogen-bond donors (Lipinski definition) is 2. The lowest BCUT2D eigenvalue weighted by Gasteiger charge is -2.14. The average molecular weight is 225 g/mol. The molecule has 1 saturated carbocycles. The van der Waals surface area contributed by atoms with E-state index in [4.69, 9.17) is 15.2 Å². The molecule has 1 aliphatic carbocycles. The monoisotopic (exact) mass is 225 g/mol. The molecular formula is C9H15N5O2. The van der Waals surface area contributed by atoms with Crippen LogP contribution in [0.4, 0.5) is 5.95 Å². The molecule has 1 fully saturated rings. The zero-order valence-electron chi connectivity index (χ0n) is 9.36. The van der Waals surface area contributed by atoms with Crippen LogP contribution in [0.15, 0.2) is 0 Å². The molecule has 1 aliphatic rings. The zero-order valence-corrected chi connectivity index (χ0v) is 9.36. The predicted octanol–water partition coefficient (Wildman–Crippen LogP) is -0.208. The summed E-state index contributed by atoms with van der Waals surface area (Å²) >= 11 is 0. The lowest BCUT2D eigenvalue weighted by atomic mass is 10.3. The van der Waals surface area contributed by atoms with Gasteiger partial charge < -0.3 is 20.5 Å². The number of aromatic nitrogens is 3. The van der Waals surface area contributed by atoms with Crippen LogP contribution in [0.2, 0.25) is 0 Å². The summed E-state index contributed by atoms with van der Waals surface area (Å²) in [5.41, 5.74) is 5.60. The number of methoxy groups -OCH3 is 2. The molecule has 7 nitrogen and oxygen atoms in total. The number of rotatable bonds is 5. The average Bonchev–Trinajstić information content (AvgIpc) is 3.09. The third kappa shape index (κ3) is 2.13. The molecule has 0 amide bonds. The molecular weight excluding hydrogens is 210 g/mol.